The first-order chi connectivity index (χ1) is 8.90. The van der Waals surface area contributed by atoms with Crippen molar-refractivity contribution in [3.05, 3.63) is 34.4 Å². The van der Waals surface area contributed by atoms with Gasteiger partial charge in [-0.3, -0.25) is 4.79 Å². The minimum Gasteiger partial charge on any atom is -0.339 e. The van der Waals surface area contributed by atoms with Gasteiger partial charge in [0.25, 0.3) is 5.91 Å². The first-order valence-corrected chi connectivity index (χ1v) is 6.97. The first kappa shape index (κ1) is 15.7. The van der Waals surface area contributed by atoms with Crippen molar-refractivity contribution in [2.45, 2.75) is 34.6 Å². The molecule has 106 valence electrons. The number of hydrogen-bond acceptors (Lipinski definition) is 2. The van der Waals surface area contributed by atoms with E-state index in [0.717, 1.165) is 29.8 Å². The van der Waals surface area contributed by atoms with E-state index >= 15 is 0 Å². The van der Waals surface area contributed by atoms with E-state index in [1.807, 2.05) is 25.7 Å². The molecule has 0 aliphatic heterocycles. The van der Waals surface area contributed by atoms with Crippen LogP contribution < -0.4 is 5.73 Å². The second kappa shape index (κ2) is 6.71. The van der Waals surface area contributed by atoms with Crippen LogP contribution in [0, 0.1) is 26.7 Å². The van der Waals surface area contributed by atoms with E-state index in [2.05, 4.69) is 26.0 Å². The lowest BCUT2D eigenvalue weighted by atomic mass is 9.98. The zero-order valence-electron chi connectivity index (χ0n) is 12.8. The highest BCUT2D eigenvalue weighted by Crippen LogP contribution is 2.19. The molecule has 0 radical (unpaired) electrons. The number of amides is 1. The summed E-state index contributed by atoms with van der Waals surface area (Å²) in [4.78, 5) is 14.6. The molecule has 3 heteroatoms. The van der Waals surface area contributed by atoms with Gasteiger partial charge in [-0.05, 0) is 51.3 Å². The molecule has 19 heavy (non-hydrogen) atoms. The third kappa shape index (κ3) is 3.80. The van der Waals surface area contributed by atoms with Gasteiger partial charge in [0.2, 0.25) is 0 Å². The molecule has 1 aromatic rings. The summed E-state index contributed by atoms with van der Waals surface area (Å²) in [6, 6.07) is 4.14. The SMILES string of the molecule is CCN(CC(C)CN)C(=O)c1c(C)cc(C)cc1C. The Morgan fingerprint density at radius 3 is 2.21 bits per heavy atom. The average Bonchev–Trinajstić information content (AvgIpc) is 2.33. The molecular formula is C16H26N2O. The van der Waals surface area contributed by atoms with Crippen LogP contribution in [-0.4, -0.2) is 30.4 Å². The van der Waals surface area contributed by atoms with Crippen LogP contribution in [0.15, 0.2) is 12.1 Å². The molecule has 1 rings (SSSR count). The Labute approximate surface area is 116 Å². The van der Waals surface area contributed by atoms with E-state index < -0.39 is 0 Å². The van der Waals surface area contributed by atoms with Crippen molar-refractivity contribution < 1.29 is 4.79 Å². The van der Waals surface area contributed by atoms with Gasteiger partial charge >= 0.3 is 0 Å². The van der Waals surface area contributed by atoms with Crippen LogP contribution in [0.3, 0.4) is 0 Å². The number of nitrogens with zero attached hydrogens (tertiary/aromatic N) is 1. The molecule has 3 nitrogen and oxygen atoms in total. The number of rotatable bonds is 5. The van der Waals surface area contributed by atoms with Crippen molar-refractivity contribution in [3.63, 3.8) is 0 Å². The summed E-state index contributed by atoms with van der Waals surface area (Å²) in [6.07, 6.45) is 0. The maximum Gasteiger partial charge on any atom is 0.254 e. The van der Waals surface area contributed by atoms with Gasteiger partial charge in [0.15, 0.2) is 0 Å². The van der Waals surface area contributed by atoms with Gasteiger partial charge in [-0.1, -0.05) is 24.6 Å². The monoisotopic (exact) mass is 262 g/mol. The van der Waals surface area contributed by atoms with Crippen LogP contribution >= 0.6 is 0 Å². The standard InChI is InChI=1S/C16H26N2O/c1-6-18(10-12(3)9-17)16(19)15-13(4)7-11(2)8-14(15)5/h7-8,12H,6,9-10,17H2,1-5H3. The van der Waals surface area contributed by atoms with Gasteiger partial charge in [0.1, 0.15) is 0 Å². The molecule has 1 amide bonds. The third-order valence-corrected chi connectivity index (χ3v) is 3.49. The van der Waals surface area contributed by atoms with Gasteiger partial charge in [-0.25, -0.2) is 0 Å². The average molecular weight is 262 g/mol. The Hall–Kier alpha value is -1.35. The van der Waals surface area contributed by atoms with E-state index in [1.54, 1.807) is 0 Å². The summed E-state index contributed by atoms with van der Waals surface area (Å²) < 4.78 is 0. The molecule has 0 fully saturated rings. The maximum absolute atomic E-state index is 12.7. The summed E-state index contributed by atoms with van der Waals surface area (Å²) in [6.45, 7) is 12.2. The molecular weight excluding hydrogens is 236 g/mol. The van der Waals surface area contributed by atoms with Crippen molar-refractivity contribution in [3.8, 4) is 0 Å². The number of carbonyl (C=O) groups excluding carboxylic acids is 1. The molecule has 1 atom stereocenters. The number of benzene rings is 1. The number of aryl methyl sites for hydroxylation is 3. The number of nitrogens with two attached hydrogens (primary N) is 1. The van der Waals surface area contributed by atoms with Crippen LogP contribution in [0.4, 0.5) is 0 Å². The first-order valence-electron chi connectivity index (χ1n) is 6.97. The lowest BCUT2D eigenvalue weighted by Crippen LogP contribution is -2.37. The smallest absolute Gasteiger partial charge is 0.254 e. The predicted octanol–water partition coefficient (Wildman–Crippen LogP) is 2.67. The summed E-state index contributed by atoms with van der Waals surface area (Å²) in [5.74, 6) is 0.452. The quantitative estimate of drug-likeness (QED) is 0.886. The van der Waals surface area contributed by atoms with E-state index in [-0.39, 0.29) is 5.91 Å². The summed E-state index contributed by atoms with van der Waals surface area (Å²) >= 11 is 0. The molecule has 0 saturated carbocycles. The number of carbonyl (C=O) groups is 1. The maximum atomic E-state index is 12.7. The fourth-order valence-electron chi connectivity index (χ4n) is 2.48. The fourth-order valence-corrected chi connectivity index (χ4v) is 2.48. The Kier molecular flexibility index (Phi) is 5.55. The van der Waals surface area contributed by atoms with Crippen molar-refractivity contribution in [1.29, 1.82) is 0 Å². The molecule has 0 heterocycles. The highest BCUT2D eigenvalue weighted by atomic mass is 16.2. The Morgan fingerprint density at radius 2 is 1.79 bits per heavy atom. The van der Waals surface area contributed by atoms with E-state index in [4.69, 9.17) is 5.73 Å². The largest absolute Gasteiger partial charge is 0.339 e. The molecule has 0 bridgehead atoms. The topological polar surface area (TPSA) is 46.3 Å². The minimum atomic E-state index is 0.123. The molecule has 0 saturated heterocycles. The van der Waals surface area contributed by atoms with Gasteiger partial charge in [-0.2, -0.15) is 0 Å². The van der Waals surface area contributed by atoms with Gasteiger partial charge < -0.3 is 10.6 Å². The second-order valence-corrected chi connectivity index (χ2v) is 5.46. The minimum absolute atomic E-state index is 0.123. The van der Waals surface area contributed by atoms with Crippen molar-refractivity contribution >= 4 is 5.91 Å². The zero-order chi connectivity index (χ0) is 14.6. The Morgan fingerprint density at radius 1 is 1.26 bits per heavy atom. The highest BCUT2D eigenvalue weighted by Gasteiger charge is 2.20. The third-order valence-electron chi connectivity index (χ3n) is 3.49. The molecule has 0 aromatic heterocycles. The molecule has 1 aromatic carbocycles. The van der Waals surface area contributed by atoms with Gasteiger partial charge in [-0.15, -0.1) is 0 Å². The Balaban J connectivity index is 3.04. The molecule has 0 spiro atoms. The van der Waals surface area contributed by atoms with Crippen LogP contribution in [0.25, 0.3) is 0 Å². The number of hydrogen-bond donors (Lipinski definition) is 1. The van der Waals surface area contributed by atoms with E-state index in [1.165, 1.54) is 5.56 Å². The highest BCUT2D eigenvalue weighted by molar-refractivity contribution is 5.97. The lowest BCUT2D eigenvalue weighted by Gasteiger charge is -2.25. The van der Waals surface area contributed by atoms with Crippen LogP contribution in [-0.2, 0) is 0 Å². The summed E-state index contributed by atoms with van der Waals surface area (Å²) in [5, 5.41) is 0. The lowest BCUT2D eigenvalue weighted by molar-refractivity contribution is 0.0742. The van der Waals surface area contributed by atoms with Gasteiger partial charge in [0, 0.05) is 18.7 Å². The molecule has 0 aliphatic rings. The van der Waals surface area contributed by atoms with Crippen molar-refractivity contribution in [2.75, 3.05) is 19.6 Å². The normalized spacial score (nSPS) is 12.3. The fraction of sp³-hybridized carbons (Fsp3) is 0.562. The van der Waals surface area contributed by atoms with E-state index in [0.29, 0.717) is 12.5 Å². The Bertz CT molecular complexity index is 431. The summed E-state index contributed by atoms with van der Waals surface area (Å²) in [5.41, 5.74) is 9.81. The van der Waals surface area contributed by atoms with E-state index in [9.17, 15) is 4.79 Å². The second-order valence-electron chi connectivity index (χ2n) is 5.46. The predicted molar refractivity (Wildman–Crippen MR) is 80.4 cm³/mol. The van der Waals surface area contributed by atoms with Crippen molar-refractivity contribution in [1.82, 2.24) is 4.90 Å². The molecule has 0 aliphatic carbocycles. The molecule has 2 N–H and O–H groups in total. The van der Waals surface area contributed by atoms with Crippen molar-refractivity contribution in [2.24, 2.45) is 11.7 Å². The van der Waals surface area contributed by atoms with Crippen LogP contribution in [0.2, 0.25) is 0 Å². The van der Waals surface area contributed by atoms with Crippen LogP contribution in [0.1, 0.15) is 40.9 Å². The molecule has 1 unspecified atom stereocenters. The van der Waals surface area contributed by atoms with Crippen LogP contribution in [0.5, 0.6) is 0 Å². The zero-order valence-corrected chi connectivity index (χ0v) is 12.8. The summed E-state index contributed by atoms with van der Waals surface area (Å²) in [7, 11) is 0. The van der Waals surface area contributed by atoms with Gasteiger partial charge in [0.05, 0.1) is 0 Å².